The Kier molecular flexibility index (Phi) is 3.41. The molecule has 2 rings (SSSR count). The van der Waals surface area contributed by atoms with Crippen molar-refractivity contribution in [3.8, 4) is 0 Å². The van der Waals surface area contributed by atoms with Crippen molar-refractivity contribution in [1.29, 1.82) is 0 Å². The van der Waals surface area contributed by atoms with Crippen molar-refractivity contribution in [2.75, 3.05) is 6.54 Å². The number of fused-ring (bicyclic) bond motifs is 1. The SMILES string of the molecule is [N-]=[N+]=NCCCCn1cnc2ccccc21. The summed E-state index contributed by atoms with van der Waals surface area (Å²) in [5, 5.41) is 3.51. The molecule has 2 aromatic rings. The molecule has 0 atom stereocenters. The smallest absolute Gasteiger partial charge is 0.0958 e. The largest absolute Gasteiger partial charge is 0.331 e. The number of aromatic nitrogens is 2. The van der Waals surface area contributed by atoms with Crippen LogP contribution in [-0.4, -0.2) is 16.1 Å². The minimum atomic E-state index is 0.573. The first kappa shape index (κ1) is 10.5. The Bertz CT molecular complexity index is 510. The third-order valence-electron chi connectivity index (χ3n) is 2.50. The van der Waals surface area contributed by atoms with Crippen LogP contribution in [0.4, 0.5) is 0 Å². The molecule has 0 spiro atoms. The lowest BCUT2D eigenvalue weighted by atomic mass is 10.3. The van der Waals surface area contributed by atoms with E-state index in [1.807, 2.05) is 24.5 Å². The Morgan fingerprint density at radius 2 is 2.19 bits per heavy atom. The second-order valence-electron chi connectivity index (χ2n) is 3.59. The van der Waals surface area contributed by atoms with Gasteiger partial charge in [0.25, 0.3) is 0 Å². The molecule has 0 unspecified atom stereocenters. The van der Waals surface area contributed by atoms with Crippen LogP contribution >= 0.6 is 0 Å². The van der Waals surface area contributed by atoms with Crippen LogP contribution in [0.3, 0.4) is 0 Å². The van der Waals surface area contributed by atoms with E-state index in [1.165, 1.54) is 0 Å². The molecular formula is C11H13N5. The molecule has 0 radical (unpaired) electrons. The van der Waals surface area contributed by atoms with Gasteiger partial charge in [0.2, 0.25) is 0 Å². The van der Waals surface area contributed by atoms with E-state index in [0.29, 0.717) is 6.54 Å². The van der Waals surface area contributed by atoms with Gasteiger partial charge >= 0.3 is 0 Å². The molecule has 1 aromatic heterocycles. The molecule has 0 saturated carbocycles. The molecule has 82 valence electrons. The number of imidazole rings is 1. The summed E-state index contributed by atoms with van der Waals surface area (Å²) in [5.41, 5.74) is 10.3. The molecule has 1 heterocycles. The zero-order valence-electron chi connectivity index (χ0n) is 8.95. The molecule has 0 aliphatic carbocycles. The summed E-state index contributed by atoms with van der Waals surface area (Å²) in [6.45, 7) is 1.49. The van der Waals surface area contributed by atoms with Crippen molar-refractivity contribution in [2.24, 2.45) is 5.11 Å². The predicted octanol–water partition coefficient (Wildman–Crippen LogP) is 3.13. The number of nitrogens with zero attached hydrogens (tertiary/aromatic N) is 5. The third kappa shape index (κ3) is 2.32. The number of benzene rings is 1. The normalized spacial score (nSPS) is 10.2. The number of azide groups is 1. The Balaban J connectivity index is 1.96. The van der Waals surface area contributed by atoms with E-state index in [9.17, 15) is 0 Å². The van der Waals surface area contributed by atoms with E-state index < -0.39 is 0 Å². The van der Waals surface area contributed by atoms with Gasteiger partial charge in [-0.15, -0.1) is 0 Å². The fourth-order valence-electron chi connectivity index (χ4n) is 1.70. The Labute approximate surface area is 93.3 Å². The van der Waals surface area contributed by atoms with Gasteiger partial charge in [0.05, 0.1) is 17.4 Å². The highest BCUT2D eigenvalue weighted by Crippen LogP contribution is 2.12. The minimum absolute atomic E-state index is 0.573. The number of hydrogen-bond donors (Lipinski definition) is 0. The van der Waals surface area contributed by atoms with E-state index in [0.717, 1.165) is 30.4 Å². The van der Waals surface area contributed by atoms with Crippen molar-refractivity contribution in [3.05, 3.63) is 41.0 Å². The highest BCUT2D eigenvalue weighted by atomic mass is 15.1. The zero-order chi connectivity index (χ0) is 11.2. The average Bonchev–Trinajstić information content (AvgIpc) is 2.73. The Hall–Kier alpha value is -2.00. The van der Waals surface area contributed by atoms with Gasteiger partial charge in [-0.05, 0) is 30.5 Å². The summed E-state index contributed by atoms with van der Waals surface area (Å²) in [6, 6.07) is 8.07. The van der Waals surface area contributed by atoms with Crippen molar-refractivity contribution in [3.63, 3.8) is 0 Å². The molecule has 5 nitrogen and oxygen atoms in total. The zero-order valence-corrected chi connectivity index (χ0v) is 8.95. The van der Waals surface area contributed by atoms with Gasteiger partial charge in [-0.3, -0.25) is 0 Å². The summed E-state index contributed by atoms with van der Waals surface area (Å²) in [5.74, 6) is 0. The number of para-hydroxylation sites is 2. The van der Waals surface area contributed by atoms with Gasteiger partial charge in [0.1, 0.15) is 0 Å². The standard InChI is InChI=1S/C11H13N5/c12-15-14-7-3-4-8-16-9-13-10-5-1-2-6-11(10)16/h1-2,5-6,9H,3-4,7-8H2. The maximum atomic E-state index is 8.13. The molecule has 0 amide bonds. The van der Waals surface area contributed by atoms with Crippen LogP contribution < -0.4 is 0 Å². The summed E-state index contributed by atoms with van der Waals surface area (Å²) in [6.07, 6.45) is 3.77. The average molecular weight is 215 g/mol. The first-order chi connectivity index (χ1) is 7.92. The molecule has 0 aliphatic heterocycles. The highest BCUT2D eigenvalue weighted by molar-refractivity contribution is 5.74. The van der Waals surface area contributed by atoms with Gasteiger partial charge in [-0.1, -0.05) is 17.2 Å². The molecule has 0 saturated heterocycles. The fraction of sp³-hybridized carbons (Fsp3) is 0.364. The van der Waals surface area contributed by atoms with Crippen LogP contribution in [0, 0.1) is 0 Å². The van der Waals surface area contributed by atoms with Gasteiger partial charge in [0.15, 0.2) is 0 Å². The van der Waals surface area contributed by atoms with E-state index in [-0.39, 0.29) is 0 Å². The van der Waals surface area contributed by atoms with Crippen LogP contribution in [0.1, 0.15) is 12.8 Å². The van der Waals surface area contributed by atoms with E-state index in [4.69, 9.17) is 5.53 Å². The number of aryl methyl sites for hydroxylation is 1. The van der Waals surface area contributed by atoms with Gasteiger partial charge in [-0.25, -0.2) is 4.98 Å². The van der Waals surface area contributed by atoms with Crippen LogP contribution in [0.15, 0.2) is 35.7 Å². The quantitative estimate of drug-likeness (QED) is 0.327. The van der Waals surface area contributed by atoms with Gasteiger partial charge in [0, 0.05) is 18.0 Å². The van der Waals surface area contributed by atoms with Crippen molar-refractivity contribution in [1.82, 2.24) is 9.55 Å². The summed E-state index contributed by atoms with van der Waals surface area (Å²) < 4.78 is 2.13. The second-order valence-corrected chi connectivity index (χ2v) is 3.59. The van der Waals surface area contributed by atoms with Crippen LogP contribution in [-0.2, 0) is 6.54 Å². The highest BCUT2D eigenvalue weighted by Gasteiger charge is 1.99. The van der Waals surface area contributed by atoms with E-state index >= 15 is 0 Å². The van der Waals surface area contributed by atoms with Gasteiger partial charge in [-0.2, -0.15) is 0 Å². The first-order valence-corrected chi connectivity index (χ1v) is 5.32. The Morgan fingerprint density at radius 1 is 1.31 bits per heavy atom. The first-order valence-electron chi connectivity index (χ1n) is 5.32. The molecule has 16 heavy (non-hydrogen) atoms. The fourth-order valence-corrected chi connectivity index (χ4v) is 1.70. The topological polar surface area (TPSA) is 66.6 Å². The van der Waals surface area contributed by atoms with Crippen LogP contribution in [0.25, 0.3) is 21.5 Å². The van der Waals surface area contributed by atoms with Crippen LogP contribution in [0.5, 0.6) is 0 Å². The maximum absolute atomic E-state index is 8.13. The Morgan fingerprint density at radius 3 is 3.06 bits per heavy atom. The molecular weight excluding hydrogens is 202 g/mol. The van der Waals surface area contributed by atoms with Crippen molar-refractivity contribution < 1.29 is 0 Å². The molecule has 1 aromatic carbocycles. The molecule has 5 heteroatoms. The molecule has 0 N–H and O–H groups in total. The summed E-state index contributed by atoms with van der Waals surface area (Å²) in [4.78, 5) is 7.04. The van der Waals surface area contributed by atoms with Gasteiger partial charge < -0.3 is 4.57 Å². The van der Waals surface area contributed by atoms with Crippen molar-refractivity contribution in [2.45, 2.75) is 19.4 Å². The lowest BCUT2D eigenvalue weighted by Gasteiger charge is -2.02. The third-order valence-corrected chi connectivity index (χ3v) is 2.50. The van der Waals surface area contributed by atoms with Crippen LogP contribution in [0.2, 0.25) is 0 Å². The summed E-state index contributed by atoms with van der Waals surface area (Å²) in [7, 11) is 0. The number of unbranched alkanes of at least 4 members (excludes halogenated alkanes) is 1. The van der Waals surface area contributed by atoms with E-state index in [1.54, 1.807) is 0 Å². The lowest BCUT2D eigenvalue weighted by molar-refractivity contribution is 0.626. The monoisotopic (exact) mass is 215 g/mol. The molecule has 0 aliphatic rings. The second kappa shape index (κ2) is 5.19. The predicted molar refractivity (Wildman–Crippen MR) is 63.0 cm³/mol. The van der Waals surface area contributed by atoms with Crippen molar-refractivity contribution >= 4 is 11.0 Å². The van der Waals surface area contributed by atoms with E-state index in [2.05, 4.69) is 25.6 Å². The summed E-state index contributed by atoms with van der Waals surface area (Å²) >= 11 is 0. The number of hydrogen-bond acceptors (Lipinski definition) is 2. The minimum Gasteiger partial charge on any atom is -0.331 e. The lowest BCUT2D eigenvalue weighted by Crippen LogP contribution is -1.96. The number of rotatable bonds is 5. The molecule has 0 bridgehead atoms. The molecule has 0 fully saturated rings. The maximum Gasteiger partial charge on any atom is 0.0958 e.